The first kappa shape index (κ1) is 25.5. The summed E-state index contributed by atoms with van der Waals surface area (Å²) in [5.41, 5.74) is 1.30. The van der Waals surface area contributed by atoms with Crippen molar-refractivity contribution < 1.29 is 23.8 Å². The van der Waals surface area contributed by atoms with Gasteiger partial charge in [-0.25, -0.2) is 0 Å². The van der Waals surface area contributed by atoms with Crippen LogP contribution in [0.4, 0.5) is 0 Å². The average molecular weight is 455 g/mol. The SMILES string of the molecule is CC#CCC(C)C(=O)C=C[C@H]1[C@@H]2CC(C=CCCC(=O)OC)=C[C@H]2C[C@H]1OC1CCCCO1. The lowest BCUT2D eigenvalue weighted by Gasteiger charge is -2.29. The second-order valence-electron chi connectivity index (χ2n) is 9.37. The topological polar surface area (TPSA) is 61.8 Å². The third-order valence-electron chi connectivity index (χ3n) is 6.97. The second kappa shape index (κ2) is 12.9. The molecular formula is C28H38O5. The highest BCUT2D eigenvalue weighted by Crippen LogP contribution is 2.49. The molecule has 1 aliphatic heterocycles. The smallest absolute Gasteiger partial charge is 0.305 e. The van der Waals surface area contributed by atoms with E-state index in [4.69, 9.17) is 14.2 Å². The molecule has 0 aromatic heterocycles. The molecule has 6 atom stereocenters. The van der Waals surface area contributed by atoms with Crippen molar-refractivity contribution in [3.05, 3.63) is 36.0 Å². The van der Waals surface area contributed by atoms with Gasteiger partial charge >= 0.3 is 5.97 Å². The molecule has 0 spiro atoms. The van der Waals surface area contributed by atoms with Crippen LogP contribution in [0, 0.1) is 35.5 Å². The normalized spacial score (nSPS) is 30.0. The number of hydrogen-bond donors (Lipinski definition) is 0. The fourth-order valence-corrected chi connectivity index (χ4v) is 5.07. The highest BCUT2D eigenvalue weighted by Gasteiger charge is 2.45. The Bertz CT molecular complexity index is 821. The fourth-order valence-electron chi connectivity index (χ4n) is 5.07. The molecular weight excluding hydrogens is 416 g/mol. The van der Waals surface area contributed by atoms with Crippen LogP contribution >= 0.6 is 0 Å². The number of allylic oxidation sites excluding steroid dienone is 5. The number of fused-ring (bicyclic) bond motifs is 1. The monoisotopic (exact) mass is 454 g/mol. The van der Waals surface area contributed by atoms with Crippen molar-refractivity contribution >= 4 is 11.8 Å². The Morgan fingerprint density at radius 1 is 1.33 bits per heavy atom. The Hall–Kier alpha value is -2.16. The van der Waals surface area contributed by atoms with E-state index < -0.39 is 0 Å². The third-order valence-corrected chi connectivity index (χ3v) is 6.97. The minimum atomic E-state index is -0.184. The molecule has 2 fully saturated rings. The van der Waals surface area contributed by atoms with E-state index in [1.54, 1.807) is 13.0 Å². The highest BCUT2D eigenvalue weighted by molar-refractivity contribution is 5.91. The molecule has 0 N–H and O–H groups in total. The van der Waals surface area contributed by atoms with Gasteiger partial charge in [0.15, 0.2) is 12.1 Å². The molecule has 0 radical (unpaired) electrons. The molecule has 0 bridgehead atoms. The van der Waals surface area contributed by atoms with Crippen molar-refractivity contribution in [2.75, 3.05) is 13.7 Å². The first-order valence-corrected chi connectivity index (χ1v) is 12.3. The summed E-state index contributed by atoms with van der Waals surface area (Å²) < 4.78 is 17.0. The lowest BCUT2D eigenvalue weighted by Crippen LogP contribution is -2.30. The number of esters is 1. The molecule has 180 valence electrons. The summed E-state index contributed by atoms with van der Waals surface area (Å²) in [7, 11) is 1.42. The molecule has 33 heavy (non-hydrogen) atoms. The molecule has 3 aliphatic rings. The maximum absolute atomic E-state index is 12.6. The van der Waals surface area contributed by atoms with Crippen molar-refractivity contribution in [1.29, 1.82) is 0 Å². The average Bonchev–Trinajstić information content (AvgIpc) is 3.36. The Balaban J connectivity index is 1.65. The number of ketones is 1. The quantitative estimate of drug-likeness (QED) is 0.259. The van der Waals surface area contributed by atoms with E-state index in [-0.39, 0.29) is 36.0 Å². The van der Waals surface area contributed by atoms with Gasteiger partial charge in [0.05, 0.1) is 13.2 Å². The van der Waals surface area contributed by atoms with E-state index in [0.29, 0.717) is 31.1 Å². The first-order valence-electron chi connectivity index (χ1n) is 12.3. The number of carbonyl (C=O) groups is 2. The predicted octanol–water partition coefficient (Wildman–Crippen LogP) is 5.16. The minimum absolute atomic E-state index is 0.0685. The molecule has 1 saturated carbocycles. The number of methoxy groups -OCH3 is 1. The highest BCUT2D eigenvalue weighted by atomic mass is 16.7. The van der Waals surface area contributed by atoms with E-state index in [0.717, 1.165) is 38.7 Å². The number of hydrogen-bond acceptors (Lipinski definition) is 5. The van der Waals surface area contributed by atoms with E-state index in [2.05, 4.69) is 36.1 Å². The Labute approximate surface area is 198 Å². The fraction of sp³-hybridized carbons (Fsp3) is 0.643. The van der Waals surface area contributed by atoms with Gasteiger partial charge in [0.1, 0.15) is 0 Å². The molecule has 2 aliphatic carbocycles. The zero-order valence-corrected chi connectivity index (χ0v) is 20.3. The zero-order valence-electron chi connectivity index (χ0n) is 20.3. The van der Waals surface area contributed by atoms with Crippen molar-refractivity contribution in [3.63, 3.8) is 0 Å². The third kappa shape index (κ3) is 7.42. The maximum Gasteiger partial charge on any atom is 0.305 e. The van der Waals surface area contributed by atoms with Crippen LogP contribution in [0.3, 0.4) is 0 Å². The van der Waals surface area contributed by atoms with Crippen LogP contribution in [0.5, 0.6) is 0 Å². The van der Waals surface area contributed by atoms with E-state index in [1.165, 1.54) is 12.7 Å². The van der Waals surface area contributed by atoms with Gasteiger partial charge in [0.2, 0.25) is 0 Å². The zero-order chi connectivity index (χ0) is 23.6. The molecule has 2 unspecified atom stereocenters. The van der Waals surface area contributed by atoms with Crippen LogP contribution in [-0.4, -0.2) is 37.9 Å². The Kier molecular flexibility index (Phi) is 9.96. The van der Waals surface area contributed by atoms with Crippen molar-refractivity contribution in [2.45, 2.75) is 77.6 Å². The van der Waals surface area contributed by atoms with Gasteiger partial charge in [-0.2, -0.15) is 0 Å². The van der Waals surface area contributed by atoms with Crippen LogP contribution in [0.2, 0.25) is 0 Å². The molecule has 5 heteroatoms. The lowest BCUT2D eigenvalue weighted by molar-refractivity contribution is -0.192. The molecule has 0 amide bonds. The van der Waals surface area contributed by atoms with Crippen LogP contribution < -0.4 is 0 Å². The van der Waals surface area contributed by atoms with Gasteiger partial charge in [-0.3, -0.25) is 9.59 Å². The summed E-state index contributed by atoms with van der Waals surface area (Å²) in [5, 5.41) is 0. The van der Waals surface area contributed by atoms with Gasteiger partial charge in [0.25, 0.3) is 0 Å². The van der Waals surface area contributed by atoms with Crippen LogP contribution in [0.1, 0.15) is 65.2 Å². The van der Waals surface area contributed by atoms with Gasteiger partial charge in [-0.05, 0) is 63.4 Å². The van der Waals surface area contributed by atoms with Crippen LogP contribution in [0.25, 0.3) is 0 Å². The molecule has 0 aromatic carbocycles. The minimum Gasteiger partial charge on any atom is -0.469 e. The van der Waals surface area contributed by atoms with E-state index in [1.807, 2.05) is 6.92 Å². The molecule has 1 heterocycles. The maximum atomic E-state index is 12.6. The van der Waals surface area contributed by atoms with Crippen molar-refractivity contribution in [3.8, 4) is 11.8 Å². The molecule has 5 nitrogen and oxygen atoms in total. The van der Waals surface area contributed by atoms with Gasteiger partial charge in [-0.1, -0.05) is 36.8 Å². The molecule has 1 saturated heterocycles. The van der Waals surface area contributed by atoms with E-state index in [9.17, 15) is 9.59 Å². The molecule has 3 rings (SSSR count). The molecule has 0 aromatic rings. The number of ether oxygens (including phenoxy) is 3. The summed E-state index contributed by atoms with van der Waals surface area (Å²) in [6, 6.07) is 0. The lowest BCUT2D eigenvalue weighted by atomic mass is 9.88. The summed E-state index contributed by atoms with van der Waals surface area (Å²) in [6.45, 7) is 4.50. The Morgan fingerprint density at radius 3 is 2.91 bits per heavy atom. The Morgan fingerprint density at radius 2 is 2.18 bits per heavy atom. The van der Waals surface area contributed by atoms with Crippen LogP contribution in [0.15, 0.2) is 36.0 Å². The summed E-state index contributed by atoms with van der Waals surface area (Å²) in [4.78, 5) is 23.9. The van der Waals surface area contributed by atoms with Crippen molar-refractivity contribution in [1.82, 2.24) is 0 Å². The first-order chi connectivity index (χ1) is 16.0. The van der Waals surface area contributed by atoms with Gasteiger partial charge < -0.3 is 14.2 Å². The second-order valence-corrected chi connectivity index (χ2v) is 9.37. The van der Waals surface area contributed by atoms with Gasteiger partial charge in [-0.15, -0.1) is 11.8 Å². The largest absolute Gasteiger partial charge is 0.469 e. The summed E-state index contributed by atoms with van der Waals surface area (Å²) in [6.07, 6.45) is 17.1. The van der Waals surface area contributed by atoms with Crippen LogP contribution in [-0.2, 0) is 23.8 Å². The number of rotatable bonds is 10. The summed E-state index contributed by atoms with van der Waals surface area (Å²) in [5.74, 6) is 6.77. The predicted molar refractivity (Wildman–Crippen MR) is 128 cm³/mol. The van der Waals surface area contributed by atoms with Gasteiger partial charge in [0, 0.05) is 31.3 Å². The van der Waals surface area contributed by atoms with Crippen molar-refractivity contribution in [2.24, 2.45) is 23.7 Å². The van der Waals surface area contributed by atoms with E-state index >= 15 is 0 Å². The number of carbonyl (C=O) groups excluding carboxylic acids is 2. The standard InChI is InChI=1S/C28H38O5/c1-4-5-10-20(2)25(29)15-14-23-24-18-21(11-6-7-12-27(30)31-3)17-22(24)19-26(23)33-28-13-8-9-16-32-28/h6,11,14-15,17,20,22-24,26,28H,7-10,12-13,16,18-19H2,1-3H3/t20?,22-,23-,24+,26+,28?/m0/s1. The summed E-state index contributed by atoms with van der Waals surface area (Å²) >= 11 is 0.